The first-order valence-corrected chi connectivity index (χ1v) is 11.3. The summed E-state index contributed by atoms with van der Waals surface area (Å²) in [4.78, 5) is 22.2. The molecular weight excluding hydrogens is 447 g/mol. The first-order chi connectivity index (χ1) is 16.9. The minimum Gasteiger partial charge on any atom is -0.484 e. The van der Waals surface area contributed by atoms with Crippen LogP contribution in [-0.4, -0.2) is 35.8 Å². The van der Waals surface area contributed by atoms with Crippen LogP contribution in [0.2, 0.25) is 0 Å². The third kappa shape index (κ3) is 6.00. The van der Waals surface area contributed by atoms with Crippen molar-refractivity contribution in [1.29, 1.82) is 0 Å². The second-order valence-corrected chi connectivity index (χ2v) is 8.36. The SMILES string of the molecule is COCC(C)OC(=O)c1nc(C)c2cc(Cc3ccc(F)cc3)cnc2c1OCc1ccccc1. The molecule has 0 saturated carbocycles. The molecule has 180 valence electrons. The van der Waals surface area contributed by atoms with Crippen LogP contribution in [0, 0.1) is 12.7 Å². The predicted octanol–water partition coefficient (Wildman–Crippen LogP) is 5.44. The molecule has 0 aliphatic heterocycles. The van der Waals surface area contributed by atoms with E-state index in [0.29, 0.717) is 17.6 Å². The highest BCUT2D eigenvalue weighted by Crippen LogP contribution is 2.31. The minimum absolute atomic E-state index is 0.0765. The van der Waals surface area contributed by atoms with E-state index in [1.54, 1.807) is 32.4 Å². The van der Waals surface area contributed by atoms with Crippen molar-refractivity contribution in [2.24, 2.45) is 0 Å². The second-order valence-electron chi connectivity index (χ2n) is 8.36. The summed E-state index contributed by atoms with van der Waals surface area (Å²) < 4.78 is 30.0. The van der Waals surface area contributed by atoms with E-state index < -0.39 is 12.1 Å². The van der Waals surface area contributed by atoms with Crippen LogP contribution in [0.25, 0.3) is 10.9 Å². The van der Waals surface area contributed by atoms with Gasteiger partial charge >= 0.3 is 5.97 Å². The van der Waals surface area contributed by atoms with Crippen LogP contribution in [0.4, 0.5) is 4.39 Å². The third-order valence-corrected chi connectivity index (χ3v) is 5.49. The second kappa shape index (κ2) is 11.1. The third-order valence-electron chi connectivity index (χ3n) is 5.49. The van der Waals surface area contributed by atoms with E-state index in [2.05, 4.69) is 9.97 Å². The molecule has 0 fully saturated rings. The standard InChI is InChI=1S/C28H27FN2O4/c1-18(16-33-3)35-28(32)26-27(34-17-21-7-5-4-6-8-21)25-24(19(2)31-26)14-22(15-30-25)13-20-9-11-23(29)12-10-20/h4-12,14-15,18H,13,16-17H2,1-3H3. The molecule has 0 saturated heterocycles. The Hall–Kier alpha value is -3.84. The van der Waals surface area contributed by atoms with E-state index in [1.807, 2.05) is 43.3 Å². The number of halogens is 1. The normalized spacial score (nSPS) is 11.9. The van der Waals surface area contributed by atoms with Gasteiger partial charge in [0.25, 0.3) is 0 Å². The highest BCUT2D eigenvalue weighted by atomic mass is 19.1. The maximum atomic E-state index is 13.3. The van der Waals surface area contributed by atoms with E-state index in [0.717, 1.165) is 22.1 Å². The molecule has 1 atom stereocenters. The van der Waals surface area contributed by atoms with Gasteiger partial charge in [-0.15, -0.1) is 0 Å². The van der Waals surface area contributed by atoms with Gasteiger partial charge in [0.15, 0.2) is 11.4 Å². The lowest BCUT2D eigenvalue weighted by Gasteiger charge is -2.17. The van der Waals surface area contributed by atoms with Crippen molar-refractivity contribution in [3.63, 3.8) is 0 Å². The van der Waals surface area contributed by atoms with Gasteiger partial charge in [-0.25, -0.2) is 14.2 Å². The summed E-state index contributed by atoms with van der Waals surface area (Å²) >= 11 is 0. The van der Waals surface area contributed by atoms with Gasteiger partial charge in [0.1, 0.15) is 24.0 Å². The molecule has 2 heterocycles. The summed E-state index contributed by atoms with van der Waals surface area (Å²) in [5.41, 5.74) is 4.08. The van der Waals surface area contributed by atoms with Crippen molar-refractivity contribution in [3.05, 3.63) is 101 Å². The monoisotopic (exact) mass is 474 g/mol. The Balaban J connectivity index is 1.72. The molecule has 0 spiro atoms. The number of esters is 1. The molecule has 0 N–H and O–H groups in total. The van der Waals surface area contributed by atoms with Gasteiger partial charge in [0.2, 0.25) is 0 Å². The largest absolute Gasteiger partial charge is 0.484 e. The molecule has 4 aromatic rings. The van der Waals surface area contributed by atoms with Crippen molar-refractivity contribution in [2.75, 3.05) is 13.7 Å². The Labute approximate surface area is 203 Å². The van der Waals surface area contributed by atoms with Crippen LogP contribution in [0.3, 0.4) is 0 Å². The average molecular weight is 475 g/mol. The van der Waals surface area contributed by atoms with Crippen molar-refractivity contribution in [1.82, 2.24) is 9.97 Å². The van der Waals surface area contributed by atoms with Gasteiger partial charge in [-0.1, -0.05) is 42.5 Å². The van der Waals surface area contributed by atoms with Gasteiger partial charge < -0.3 is 14.2 Å². The number of aryl methyl sites for hydroxylation is 1. The van der Waals surface area contributed by atoms with Gasteiger partial charge in [-0.2, -0.15) is 0 Å². The predicted molar refractivity (Wildman–Crippen MR) is 131 cm³/mol. The Bertz CT molecular complexity index is 1310. The topological polar surface area (TPSA) is 70.5 Å². The fourth-order valence-corrected chi connectivity index (χ4v) is 3.80. The molecule has 2 aromatic carbocycles. The number of fused-ring (bicyclic) bond motifs is 1. The number of nitrogens with zero attached hydrogens (tertiary/aromatic N) is 2. The number of hydrogen-bond acceptors (Lipinski definition) is 6. The van der Waals surface area contributed by atoms with Crippen molar-refractivity contribution < 1.29 is 23.4 Å². The fraction of sp³-hybridized carbons (Fsp3) is 0.250. The number of benzene rings is 2. The maximum absolute atomic E-state index is 13.3. The summed E-state index contributed by atoms with van der Waals surface area (Å²) in [6.45, 7) is 4.08. The molecule has 2 aromatic heterocycles. The molecule has 0 aliphatic rings. The number of rotatable bonds is 9. The summed E-state index contributed by atoms with van der Waals surface area (Å²) in [6, 6.07) is 18.0. The number of methoxy groups -OCH3 is 1. The number of carbonyl (C=O) groups is 1. The van der Waals surface area contributed by atoms with Crippen LogP contribution in [0.15, 0.2) is 66.9 Å². The molecule has 0 amide bonds. The molecule has 0 radical (unpaired) electrons. The van der Waals surface area contributed by atoms with E-state index in [9.17, 15) is 9.18 Å². The highest BCUT2D eigenvalue weighted by molar-refractivity contribution is 5.98. The average Bonchev–Trinajstić information content (AvgIpc) is 2.85. The van der Waals surface area contributed by atoms with E-state index >= 15 is 0 Å². The zero-order valence-electron chi connectivity index (χ0n) is 20.0. The number of hydrogen-bond donors (Lipinski definition) is 0. The highest BCUT2D eigenvalue weighted by Gasteiger charge is 2.24. The van der Waals surface area contributed by atoms with Crippen LogP contribution >= 0.6 is 0 Å². The Morgan fingerprint density at radius 2 is 1.77 bits per heavy atom. The Morgan fingerprint density at radius 1 is 1.03 bits per heavy atom. The van der Waals surface area contributed by atoms with Gasteiger partial charge in [0, 0.05) is 24.4 Å². The molecular formula is C28H27FN2O4. The van der Waals surface area contributed by atoms with Crippen molar-refractivity contribution in [3.8, 4) is 5.75 Å². The lowest BCUT2D eigenvalue weighted by atomic mass is 10.0. The summed E-state index contributed by atoms with van der Waals surface area (Å²) in [6.07, 6.45) is 1.88. The van der Waals surface area contributed by atoms with E-state index in [4.69, 9.17) is 14.2 Å². The number of carbonyl (C=O) groups excluding carboxylic acids is 1. The van der Waals surface area contributed by atoms with Crippen LogP contribution in [0.5, 0.6) is 5.75 Å². The molecule has 7 heteroatoms. The van der Waals surface area contributed by atoms with Gasteiger partial charge in [-0.3, -0.25) is 4.98 Å². The van der Waals surface area contributed by atoms with Crippen LogP contribution in [-0.2, 0) is 22.5 Å². The fourth-order valence-electron chi connectivity index (χ4n) is 3.80. The lowest BCUT2D eigenvalue weighted by molar-refractivity contribution is 0.0110. The summed E-state index contributed by atoms with van der Waals surface area (Å²) in [5, 5.41) is 0.772. The molecule has 35 heavy (non-hydrogen) atoms. The van der Waals surface area contributed by atoms with Gasteiger partial charge in [-0.05, 0) is 55.2 Å². The zero-order chi connectivity index (χ0) is 24.8. The molecule has 6 nitrogen and oxygen atoms in total. The quantitative estimate of drug-likeness (QED) is 0.301. The lowest BCUT2D eigenvalue weighted by Crippen LogP contribution is -2.21. The minimum atomic E-state index is -0.597. The first kappa shape index (κ1) is 24.3. The summed E-state index contributed by atoms with van der Waals surface area (Å²) in [7, 11) is 1.55. The Kier molecular flexibility index (Phi) is 7.67. The molecule has 1 unspecified atom stereocenters. The van der Waals surface area contributed by atoms with Crippen LogP contribution in [0.1, 0.15) is 39.8 Å². The Morgan fingerprint density at radius 3 is 2.49 bits per heavy atom. The molecule has 4 rings (SSSR count). The molecule has 0 aliphatic carbocycles. The molecule has 0 bridgehead atoms. The van der Waals surface area contributed by atoms with E-state index in [1.165, 1.54) is 12.1 Å². The smallest absolute Gasteiger partial charge is 0.361 e. The van der Waals surface area contributed by atoms with Crippen molar-refractivity contribution >= 4 is 16.9 Å². The number of aromatic nitrogens is 2. The maximum Gasteiger partial charge on any atom is 0.361 e. The van der Waals surface area contributed by atoms with Gasteiger partial charge in [0.05, 0.1) is 6.61 Å². The van der Waals surface area contributed by atoms with E-state index in [-0.39, 0.29) is 30.5 Å². The number of pyridine rings is 2. The van der Waals surface area contributed by atoms with Crippen LogP contribution < -0.4 is 4.74 Å². The number of ether oxygens (including phenoxy) is 3. The first-order valence-electron chi connectivity index (χ1n) is 11.3. The zero-order valence-corrected chi connectivity index (χ0v) is 20.0. The summed E-state index contributed by atoms with van der Waals surface area (Å²) in [5.74, 6) is -0.595. The van der Waals surface area contributed by atoms with Crippen molar-refractivity contribution in [2.45, 2.75) is 33.0 Å².